The molecule has 0 aromatic carbocycles. The van der Waals surface area contributed by atoms with Crippen molar-refractivity contribution >= 4 is 11.3 Å². The van der Waals surface area contributed by atoms with Crippen LogP contribution in [0.15, 0.2) is 6.20 Å². The Balaban J connectivity index is 2.87. The lowest BCUT2D eigenvalue weighted by atomic mass is 9.98. The van der Waals surface area contributed by atoms with Gasteiger partial charge in [0.1, 0.15) is 0 Å². The molecule has 0 amide bonds. The van der Waals surface area contributed by atoms with Crippen molar-refractivity contribution < 1.29 is 17.9 Å². The molecular formula is C11H17F3N2OS. The number of hydrogen-bond acceptors (Lipinski definition) is 4. The van der Waals surface area contributed by atoms with Gasteiger partial charge in [-0.15, -0.1) is 11.3 Å². The van der Waals surface area contributed by atoms with Gasteiger partial charge in [0.15, 0.2) is 5.01 Å². The molecule has 1 aromatic rings. The molecule has 1 N–H and O–H groups in total. The first-order valence-electron chi connectivity index (χ1n) is 5.45. The average Bonchev–Trinajstić information content (AvgIpc) is 2.74. The molecule has 0 saturated heterocycles. The number of halogens is 3. The van der Waals surface area contributed by atoms with Gasteiger partial charge >= 0.3 is 6.18 Å². The molecule has 18 heavy (non-hydrogen) atoms. The van der Waals surface area contributed by atoms with Crippen LogP contribution >= 0.6 is 11.3 Å². The molecule has 0 aliphatic heterocycles. The highest BCUT2D eigenvalue weighted by Gasteiger charge is 2.35. The van der Waals surface area contributed by atoms with Crippen molar-refractivity contribution in [3.05, 3.63) is 16.1 Å². The third-order valence-electron chi connectivity index (χ3n) is 2.71. The average molecular weight is 282 g/mol. The summed E-state index contributed by atoms with van der Waals surface area (Å²) in [5.41, 5.74) is -0.407. The zero-order valence-corrected chi connectivity index (χ0v) is 11.6. The Hall–Kier alpha value is -0.660. The summed E-state index contributed by atoms with van der Waals surface area (Å²) in [5, 5.41) is 2.18. The van der Waals surface area contributed by atoms with Gasteiger partial charge in [-0.05, 0) is 27.3 Å². The largest absolute Gasteiger partial charge is 0.443 e. The molecule has 1 heterocycles. The van der Waals surface area contributed by atoms with Crippen LogP contribution in [0.25, 0.3) is 0 Å². The van der Waals surface area contributed by atoms with Crippen molar-refractivity contribution in [3.8, 4) is 0 Å². The van der Waals surface area contributed by atoms with E-state index in [0.29, 0.717) is 22.6 Å². The predicted molar refractivity (Wildman–Crippen MR) is 64.6 cm³/mol. The van der Waals surface area contributed by atoms with Gasteiger partial charge in [0, 0.05) is 24.2 Å². The second kappa shape index (κ2) is 5.54. The standard InChI is InChI=1S/C11H17F3N2OS/c1-10(2,17-4)5-7(15-3)8-6-16-9(18-8)11(12,13)14/h6-7,15H,5H2,1-4H3. The summed E-state index contributed by atoms with van der Waals surface area (Å²) in [4.78, 5) is 3.99. The summed E-state index contributed by atoms with van der Waals surface area (Å²) in [6.45, 7) is 3.78. The summed E-state index contributed by atoms with van der Waals surface area (Å²) in [6, 6.07) is -0.200. The van der Waals surface area contributed by atoms with E-state index in [2.05, 4.69) is 10.3 Å². The van der Waals surface area contributed by atoms with E-state index >= 15 is 0 Å². The van der Waals surface area contributed by atoms with Crippen molar-refractivity contribution in [3.63, 3.8) is 0 Å². The second-order valence-electron chi connectivity index (χ2n) is 4.57. The number of alkyl halides is 3. The Labute approximate surface area is 108 Å². The SMILES string of the molecule is CNC(CC(C)(C)OC)c1cnc(C(F)(F)F)s1. The number of rotatable bonds is 5. The highest BCUT2D eigenvalue weighted by molar-refractivity contribution is 7.11. The number of methoxy groups -OCH3 is 1. The van der Waals surface area contributed by atoms with E-state index in [1.54, 1.807) is 14.2 Å². The Morgan fingerprint density at radius 3 is 2.44 bits per heavy atom. The molecule has 0 aliphatic rings. The molecule has 104 valence electrons. The van der Waals surface area contributed by atoms with Crippen molar-refractivity contribution in [1.82, 2.24) is 10.3 Å². The van der Waals surface area contributed by atoms with Gasteiger partial charge in [0.05, 0.1) is 5.60 Å². The summed E-state index contributed by atoms with van der Waals surface area (Å²) in [7, 11) is 3.30. The van der Waals surface area contributed by atoms with Crippen molar-refractivity contribution in [1.29, 1.82) is 0 Å². The van der Waals surface area contributed by atoms with Gasteiger partial charge in [0.2, 0.25) is 0 Å². The molecule has 7 heteroatoms. The third kappa shape index (κ3) is 3.93. The number of nitrogens with zero attached hydrogens (tertiary/aromatic N) is 1. The Morgan fingerprint density at radius 1 is 1.44 bits per heavy atom. The number of aromatic nitrogens is 1. The normalized spacial score (nSPS) is 14.8. The van der Waals surface area contributed by atoms with E-state index in [4.69, 9.17) is 4.74 Å². The Bertz CT molecular complexity index is 390. The van der Waals surface area contributed by atoms with Crippen LogP contribution in [-0.4, -0.2) is 24.7 Å². The molecule has 0 bridgehead atoms. The molecule has 0 aliphatic carbocycles. The second-order valence-corrected chi connectivity index (χ2v) is 5.64. The fourth-order valence-corrected chi connectivity index (χ4v) is 2.39. The van der Waals surface area contributed by atoms with E-state index in [9.17, 15) is 13.2 Å². The smallest absolute Gasteiger partial charge is 0.379 e. The first-order chi connectivity index (χ1) is 8.19. The molecular weight excluding hydrogens is 265 g/mol. The van der Waals surface area contributed by atoms with Crippen LogP contribution in [0, 0.1) is 0 Å². The molecule has 3 nitrogen and oxygen atoms in total. The molecule has 1 atom stereocenters. The molecule has 1 unspecified atom stereocenters. The monoisotopic (exact) mass is 282 g/mol. The minimum Gasteiger partial charge on any atom is -0.379 e. The maximum atomic E-state index is 12.5. The van der Waals surface area contributed by atoms with E-state index in [1.807, 2.05) is 13.8 Å². The first kappa shape index (κ1) is 15.4. The number of ether oxygens (including phenoxy) is 1. The van der Waals surface area contributed by atoms with E-state index in [-0.39, 0.29) is 6.04 Å². The zero-order chi connectivity index (χ0) is 14.0. The van der Waals surface area contributed by atoms with Gasteiger partial charge in [-0.3, -0.25) is 0 Å². The van der Waals surface area contributed by atoms with Crippen molar-refractivity contribution in [2.45, 2.75) is 38.1 Å². The van der Waals surface area contributed by atoms with Gasteiger partial charge in [-0.25, -0.2) is 4.98 Å². The lowest BCUT2D eigenvalue weighted by Crippen LogP contribution is -2.30. The number of hydrogen-bond donors (Lipinski definition) is 1. The quantitative estimate of drug-likeness (QED) is 0.900. The minimum atomic E-state index is -4.38. The minimum absolute atomic E-state index is 0.200. The van der Waals surface area contributed by atoms with Gasteiger partial charge in [-0.1, -0.05) is 0 Å². The molecule has 1 aromatic heterocycles. The maximum Gasteiger partial charge on any atom is 0.443 e. The van der Waals surface area contributed by atoms with Crippen molar-refractivity contribution in [2.75, 3.05) is 14.2 Å². The van der Waals surface area contributed by atoms with Crippen molar-refractivity contribution in [2.24, 2.45) is 0 Å². The van der Waals surface area contributed by atoms with Crippen LogP contribution in [0.2, 0.25) is 0 Å². The van der Waals surface area contributed by atoms with Gasteiger partial charge in [-0.2, -0.15) is 13.2 Å². The highest BCUT2D eigenvalue weighted by atomic mass is 32.1. The van der Waals surface area contributed by atoms with E-state index in [0.717, 1.165) is 0 Å². The molecule has 1 rings (SSSR count). The predicted octanol–water partition coefficient (Wildman–Crippen LogP) is 3.24. The molecule has 0 fully saturated rings. The summed E-state index contributed by atoms with van der Waals surface area (Å²) < 4.78 is 42.7. The van der Waals surface area contributed by atoms with Crippen LogP contribution in [-0.2, 0) is 10.9 Å². The number of nitrogens with one attached hydrogen (secondary N) is 1. The molecule has 0 radical (unpaired) electrons. The Kier molecular flexibility index (Phi) is 4.74. The molecule has 0 spiro atoms. The van der Waals surface area contributed by atoms with Gasteiger partial charge < -0.3 is 10.1 Å². The highest BCUT2D eigenvalue weighted by Crippen LogP contribution is 2.36. The van der Waals surface area contributed by atoms with Crippen LogP contribution in [0.3, 0.4) is 0 Å². The topological polar surface area (TPSA) is 34.1 Å². The summed E-state index contributed by atoms with van der Waals surface area (Å²) in [6.07, 6.45) is -2.53. The first-order valence-corrected chi connectivity index (χ1v) is 6.26. The zero-order valence-electron chi connectivity index (χ0n) is 10.8. The summed E-state index contributed by atoms with van der Waals surface area (Å²) in [5.74, 6) is 0. The van der Waals surface area contributed by atoms with E-state index < -0.39 is 16.8 Å². The lowest BCUT2D eigenvalue weighted by Gasteiger charge is -2.27. The molecule has 0 saturated carbocycles. The summed E-state index contributed by atoms with van der Waals surface area (Å²) >= 11 is 0.670. The fourth-order valence-electron chi connectivity index (χ4n) is 1.50. The van der Waals surface area contributed by atoms with Gasteiger partial charge in [0.25, 0.3) is 0 Å². The van der Waals surface area contributed by atoms with Crippen LogP contribution in [0.4, 0.5) is 13.2 Å². The lowest BCUT2D eigenvalue weighted by molar-refractivity contribution is -0.137. The van der Waals surface area contributed by atoms with Crippen LogP contribution < -0.4 is 5.32 Å². The number of thiazole rings is 1. The van der Waals surface area contributed by atoms with E-state index in [1.165, 1.54) is 6.20 Å². The van der Waals surface area contributed by atoms with Crippen LogP contribution in [0.5, 0.6) is 0 Å². The maximum absolute atomic E-state index is 12.5. The third-order valence-corrected chi connectivity index (χ3v) is 3.86. The fraction of sp³-hybridized carbons (Fsp3) is 0.727. The Morgan fingerprint density at radius 2 is 2.06 bits per heavy atom. The van der Waals surface area contributed by atoms with Crippen LogP contribution in [0.1, 0.15) is 36.2 Å².